The minimum Gasteiger partial charge on any atom is -0.372 e. The molecular weight excluding hydrogens is 315 g/mol. The SMILES string of the molecule is CC1CN(C(=O)c2cnc(Cc3ccc(F)cc3)s2)CC(C)O1. The van der Waals surface area contributed by atoms with Gasteiger partial charge in [0.1, 0.15) is 10.7 Å². The summed E-state index contributed by atoms with van der Waals surface area (Å²) in [5.74, 6) is -0.242. The molecule has 1 aliphatic heterocycles. The van der Waals surface area contributed by atoms with Gasteiger partial charge in [-0.05, 0) is 31.5 Å². The number of thiazole rings is 1. The number of rotatable bonds is 3. The van der Waals surface area contributed by atoms with Gasteiger partial charge >= 0.3 is 0 Å². The molecule has 0 N–H and O–H groups in total. The fraction of sp³-hybridized carbons (Fsp3) is 0.412. The van der Waals surface area contributed by atoms with Crippen LogP contribution in [0.1, 0.15) is 34.1 Å². The summed E-state index contributed by atoms with van der Waals surface area (Å²) < 4.78 is 18.6. The molecule has 1 aliphatic rings. The van der Waals surface area contributed by atoms with Crippen molar-refractivity contribution in [2.45, 2.75) is 32.5 Å². The van der Waals surface area contributed by atoms with Gasteiger partial charge < -0.3 is 9.64 Å². The van der Waals surface area contributed by atoms with Crippen molar-refractivity contribution in [2.24, 2.45) is 0 Å². The summed E-state index contributed by atoms with van der Waals surface area (Å²) in [6, 6.07) is 6.35. The number of amides is 1. The van der Waals surface area contributed by atoms with Crippen molar-refractivity contribution in [1.29, 1.82) is 0 Å². The molecule has 3 rings (SSSR count). The number of halogens is 1. The molecule has 2 aromatic rings. The summed E-state index contributed by atoms with van der Waals surface area (Å²) in [5.41, 5.74) is 0.980. The summed E-state index contributed by atoms with van der Waals surface area (Å²) in [6.07, 6.45) is 2.34. The monoisotopic (exact) mass is 334 g/mol. The van der Waals surface area contributed by atoms with Crippen LogP contribution in [0.15, 0.2) is 30.5 Å². The lowest BCUT2D eigenvalue weighted by atomic mass is 10.2. The Morgan fingerprint density at radius 3 is 2.61 bits per heavy atom. The average molecular weight is 334 g/mol. The highest BCUT2D eigenvalue weighted by atomic mass is 32.1. The Morgan fingerprint density at radius 1 is 1.30 bits per heavy atom. The van der Waals surface area contributed by atoms with Crippen molar-refractivity contribution in [3.05, 3.63) is 51.7 Å². The van der Waals surface area contributed by atoms with E-state index in [0.717, 1.165) is 10.6 Å². The van der Waals surface area contributed by atoms with E-state index in [4.69, 9.17) is 4.74 Å². The van der Waals surface area contributed by atoms with Crippen LogP contribution in [-0.4, -0.2) is 41.1 Å². The Morgan fingerprint density at radius 2 is 1.96 bits per heavy atom. The molecule has 1 fully saturated rings. The third-order valence-corrected chi connectivity index (χ3v) is 4.73. The standard InChI is InChI=1S/C17H19FN2O2S/c1-11-9-20(10-12(2)22-11)17(21)15-8-19-16(23-15)7-13-3-5-14(18)6-4-13/h3-6,8,11-12H,7,9-10H2,1-2H3. The first kappa shape index (κ1) is 16.1. The molecule has 0 bridgehead atoms. The van der Waals surface area contributed by atoms with E-state index in [1.807, 2.05) is 18.7 Å². The van der Waals surface area contributed by atoms with Crippen LogP contribution in [0.4, 0.5) is 4.39 Å². The van der Waals surface area contributed by atoms with Crippen molar-refractivity contribution in [2.75, 3.05) is 13.1 Å². The van der Waals surface area contributed by atoms with Crippen molar-refractivity contribution in [3.63, 3.8) is 0 Å². The van der Waals surface area contributed by atoms with E-state index in [-0.39, 0.29) is 23.9 Å². The zero-order valence-electron chi connectivity index (χ0n) is 13.2. The minimum absolute atomic E-state index is 0.00913. The molecule has 122 valence electrons. The van der Waals surface area contributed by atoms with E-state index in [1.54, 1.807) is 18.3 Å². The van der Waals surface area contributed by atoms with E-state index < -0.39 is 0 Å². The highest BCUT2D eigenvalue weighted by Gasteiger charge is 2.27. The van der Waals surface area contributed by atoms with Gasteiger partial charge in [-0.2, -0.15) is 0 Å². The van der Waals surface area contributed by atoms with E-state index in [2.05, 4.69) is 4.98 Å². The van der Waals surface area contributed by atoms with Crippen LogP contribution < -0.4 is 0 Å². The third-order valence-electron chi connectivity index (χ3n) is 3.74. The second-order valence-corrected chi connectivity index (χ2v) is 7.00. The van der Waals surface area contributed by atoms with Crippen LogP contribution in [0.25, 0.3) is 0 Å². The quantitative estimate of drug-likeness (QED) is 0.866. The normalized spacial score (nSPS) is 21.4. The van der Waals surface area contributed by atoms with Gasteiger partial charge in [-0.3, -0.25) is 4.79 Å². The molecule has 0 radical (unpaired) electrons. The largest absolute Gasteiger partial charge is 0.372 e. The molecule has 4 nitrogen and oxygen atoms in total. The highest BCUT2D eigenvalue weighted by molar-refractivity contribution is 7.13. The van der Waals surface area contributed by atoms with E-state index in [1.165, 1.54) is 23.5 Å². The van der Waals surface area contributed by atoms with Crippen molar-refractivity contribution in [1.82, 2.24) is 9.88 Å². The Kier molecular flexibility index (Phi) is 4.73. The zero-order valence-corrected chi connectivity index (χ0v) is 14.0. The number of ether oxygens (including phenoxy) is 1. The minimum atomic E-state index is -0.251. The van der Waals surface area contributed by atoms with Crippen molar-refractivity contribution < 1.29 is 13.9 Å². The number of morpholine rings is 1. The topological polar surface area (TPSA) is 42.4 Å². The molecule has 1 amide bonds. The zero-order chi connectivity index (χ0) is 16.4. The van der Waals surface area contributed by atoms with Gasteiger partial charge in [0.05, 0.1) is 23.4 Å². The van der Waals surface area contributed by atoms with Gasteiger partial charge in [0.15, 0.2) is 0 Å². The first-order valence-corrected chi connectivity index (χ1v) is 8.47. The maximum Gasteiger partial charge on any atom is 0.265 e. The number of aromatic nitrogens is 1. The van der Waals surface area contributed by atoms with Crippen LogP contribution in [0.5, 0.6) is 0 Å². The fourth-order valence-corrected chi connectivity index (χ4v) is 3.69. The van der Waals surface area contributed by atoms with Crippen LogP contribution in [0, 0.1) is 5.82 Å². The van der Waals surface area contributed by atoms with Crippen LogP contribution in [0.3, 0.4) is 0 Å². The molecule has 1 aromatic heterocycles. The Bertz CT molecular complexity index is 676. The second-order valence-electron chi connectivity index (χ2n) is 5.89. The molecule has 0 aliphatic carbocycles. The van der Waals surface area contributed by atoms with Crippen LogP contribution in [-0.2, 0) is 11.2 Å². The lowest BCUT2D eigenvalue weighted by molar-refractivity contribution is -0.0585. The first-order valence-electron chi connectivity index (χ1n) is 7.65. The van der Waals surface area contributed by atoms with Gasteiger partial charge in [-0.1, -0.05) is 12.1 Å². The molecule has 2 atom stereocenters. The van der Waals surface area contributed by atoms with Gasteiger partial charge in [-0.15, -0.1) is 11.3 Å². The number of benzene rings is 1. The molecule has 23 heavy (non-hydrogen) atoms. The predicted molar refractivity (Wildman–Crippen MR) is 87.2 cm³/mol. The smallest absolute Gasteiger partial charge is 0.265 e. The molecule has 0 saturated carbocycles. The first-order chi connectivity index (χ1) is 11.0. The molecule has 2 unspecified atom stereocenters. The highest BCUT2D eigenvalue weighted by Crippen LogP contribution is 2.21. The average Bonchev–Trinajstić information content (AvgIpc) is 2.96. The Labute approximate surface area is 138 Å². The Balaban J connectivity index is 1.68. The number of carbonyl (C=O) groups is 1. The van der Waals surface area contributed by atoms with Gasteiger partial charge in [0, 0.05) is 19.5 Å². The molecule has 1 saturated heterocycles. The third kappa shape index (κ3) is 3.95. The lowest BCUT2D eigenvalue weighted by Gasteiger charge is -2.35. The van der Waals surface area contributed by atoms with Gasteiger partial charge in [0.25, 0.3) is 5.91 Å². The maximum atomic E-state index is 12.9. The van der Waals surface area contributed by atoms with E-state index in [0.29, 0.717) is 24.4 Å². The number of carbonyl (C=O) groups excluding carboxylic acids is 1. The molecule has 6 heteroatoms. The lowest BCUT2D eigenvalue weighted by Crippen LogP contribution is -2.48. The molecular formula is C17H19FN2O2S. The summed E-state index contributed by atoms with van der Waals surface area (Å²) in [4.78, 5) is 19.4. The van der Waals surface area contributed by atoms with Crippen molar-refractivity contribution in [3.8, 4) is 0 Å². The predicted octanol–water partition coefficient (Wildman–Crippen LogP) is 3.12. The molecule has 0 spiro atoms. The maximum absolute atomic E-state index is 12.9. The van der Waals surface area contributed by atoms with Crippen LogP contribution in [0.2, 0.25) is 0 Å². The number of nitrogens with zero attached hydrogens (tertiary/aromatic N) is 2. The van der Waals surface area contributed by atoms with E-state index in [9.17, 15) is 9.18 Å². The van der Waals surface area contributed by atoms with Crippen LogP contribution >= 0.6 is 11.3 Å². The summed E-state index contributed by atoms with van der Waals surface area (Å²) in [5, 5.41) is 0.856. The molecule has 1 aromatic carbocycles. The van der Waals surface area contributed by atoms with E-state index >= 15 is 0 Å². The fourth-order valence-electron chi connectivity index (χ4n) is 2.77. The number of hydrogen-bond donors (Lipinski definition) is 0. The van der Waals surface area contributed by atoms with Crippen molar-refractivity contribution >= 4 is 17.2 Å². The summed E-state index contributed by atoms with van der Waals surface area (Å²) in [6.45, 7) is 5.16. The summed E-state index contributed by atoms with van der Waals surface area (Å²) in [7, 11) is 0. The van der Waals surface area contributed by atoms with Gasteiger partial charge in [-0.25, -0.2) is 9.37 Å². The second kappa shape index (κ2) is 6.76. The Hall–Kier alpha value is -1.79. The molecule has 2 heterocycles. The number of hydrogen-bond acceptors (Lipinski definition) is 4. The van der Waals surface area contributed by atoms with Gasteiger partial charge in [0.2, 0.25) is 0 Å². The summed E-state index contributed by atoms with van der Waals surface area (Å²) >= 11 is 1.40.